The third-order valence-corrected chi connectivity index (χ3v) is 4.03. The van der Waals surface area contributed by atoms with Crippen molar-refractivity contribution in [3.05, 3.63) is 28.8 Å². The number of benzene rings is 1. The van der Waals surface area contributed by atoms with E-state index in [1.54, 1.807) is 0 Å². The molecule has 1 aliphatic heterocycles. The van der Waals surface area contributed by atoms with Gasteiger partial charge in [-0.25, -0.2) is 4.79 Å². The second kappa shape index (κ2) is 6.81. The highest BCUT2D eigenvalue weighted by molar-refractivity contribution is 5.69. The molecule has 1 aliphatic rings. The quantitative estimate of drug-likeness (QED) is 0.829. The lowest BCUT2D eigenvalue weighted by Crippen LogP contribution is -2.42. The molecule has 0 unspecified atom stereocenters. The van der Waals surface area contributed by atoms with E-state index in [4.69, 9.17) is 9.47 Å². The third kappa shape index (κ3) is 4.63. The molecule has 1 saturated heterocycles. The Morgan fingerprint density at radius 2 is 1.83 bits per heavy atom. The molecule has 0 spiro atoms. The zero-order valence-electron chi connectivity index (χ0n) is 15.2. The fourth-order valence-electron chi connectivity index (χ4n) is 3.14. The van der Waals surface area contributed by atoms with E-state index in [1.165, 1.54) is 5.56 Å². The van der Waals surface area contributed by atoms with E-state index < -0.39 is 5.60 Å². The highest BCUT2D eigenvalue weighted by Gasteiger charge is 2.32. The first-order valence-electron chi connectivity index (χ1n) is 8.37. The summed E-state index contributed by atoms with van der Waals surface area (Å²) in [5.74, 6) is 0.937. The standard InChI is InChI=1S/C19H29NO3/c1-13-10-14(2)17(15(3)11-13)22-12-16-8-7-9-20(16)18(21)23-19(4,5)6/h10-11,16H,7-9,12H2,1-6H3/t16-/m1/s1. The molecule has 0 aromatic heterocycles. The fourth-order valence-corrected chi connectivity index (χ4v) is 3.14. The van der Waals surface area contributed by atoms with Crippen LogP contribution in [0.15, 0.2) is 12.1 Å². The maximum atomic E-state index is 12.3. The number of carbonyl (C=O) groups excluding carboxylic acids is 1. The van der Waals surface area contributed by atoms with Crippen molar-refractivity contribution in [3.63, 3.8) is 0 Å². The highest BCUT2D eigenvalue weighted by atomic mass is 16.6. The minimum Gasteiger partial charge on any atom is -0.491 e. The van der Waals surface area contributed by atoms with Crippen LogP contribution in [0.25, 0.3) is 0 Å². The van der Waals surface area contributed by atoms with Crippen molar-refractivity contribution in [1.29, 1.82) is 0 Å². The van der Waals surface area contributed by atoms with Crippen LogP contribution in [-0.4, -0.2) is 35.8 Å². The first-order valence-corrected chi connectivity index (χ1v) is 8.37. The minimum atomic E-state index is -0.463. The van der Waals surface area contributed by atoms with E-state index in [-0.39, 0.29) is 12.1 Å². The van der Waals surface area contributed by atoms with E-state index in [0.717, 1.165) is 36.3 Å². The Balaban J connectivity index is 2.01. The Bertz CT molecular complexity index is 551. The molecule has 0 N–H and O–H groups in total. The molecule has 1 atom stereocenters. The van der Waals surface area contributed by atoms with Gasteiger partial charge in [0, 0.05) is 6.54 Å². The number of amides is 1. The molecule has 1 heterocycles. The van der Waals surface area contributed by atoms with Gasteiger partial charge in [-0.2, -0.15) is 0 Å². The summed E-state index contributed by atoms with van der Waals surface area (Å²) in [6.07, 6.45) is 1.73. The van der Waals surface area contributed by atoms with E-state index in [9.17, 15) is 4.79 Å². The second-order valence-electron chi connectivity index (χ2n) is 7.51. The first kappa shape index (κ1) is 17.6. The SMILES string of the molecule is Cc1cc(C)c(OC[C@H]2CCCN2C(=O)OC(C)(C)C)c(C)c1. The summed E-state index contributed by atoms with van der Waals surface area (Å²) >= 11 is 0. The number of likely N-dealkylation sites (tertiary alicyclic amines) is 1. The van der Waals surface area contributed by atoms with Crippen molar-refractivity contribution in [2.24, 2.45) is 0 Å². The summed E-state index contributed by atoms with van der Waals surface area (Å²) in [6.45, 7) is 13.2. The zero-order valence-corrected chi connectivity index (χ0v) is 15.2. The number of hydrogen-bond donors (Lipinski definition) is 0. The van der Waals surface area contributed by atoms with Gasteiger partial charge in [0.25, 0.3) is 0 Å². The van der Waals surface area contributed by atoms with Crippen LogP contribution in [0.1, 0.15) is 50.3 Å². The van der Waals surface area contributed by atoms with Gasteiger partial charge < -0.3 is 14.4 Å². The molecule has 128 valence electrons. The summed E-state index contributed by atoms with van der Waals surface area (Å²) < 4.78 is 11.6. The van der Waals surface area contributed by atoms with Crippen LogP contribution in [-0.2, 0) is 4.74 Å². The molecular weight excluding hydrogens is 290 g/mol. The molecule has 1 aromatic carbocycles. The average Bonchev–Trinajstić information content (AvgIpc) is 2.83. The van der Waals surface area contributed by atoms with Crippen molar-refractivity contribution in [2.45, 2.75) is 66.0 Å². The van der Waals surface area contributed by atoms with Gasteiger partial charge in [0.05, 0.1) is 6.04 Å². The van der Waals surface area contributed by atoms with Gasteiger partial charge in [-0.3, -0.25) is 0 Å². The Morgan fingerprint density at radius 3 is 2.39 bits per heavy atom. The summed E-state index contributed by atoms with van der Waals surface area (Å²) in [5.41, 5.74) is 3.06. The van der Waals surface area contributed by atoms with Crippen LogP contribution < -0.4 is 4.74 Å². The van der Waals surface area contributed by atoms with Crippen LogP contribution in [0.5, 0.6) is 5.75 Å². The highest BCUT2D eigenvalue weighted by Crippen LogP contribution is 2.27. The Labute approximate surface area is 139 Å². The summed E-state index contributed by atoms with van der Waals surface area (Å²) in [4.78, 5) is 14.1. The Kier molecular flexibility index (Phi) is 5.23. The van der Waals surface area contributed by atoms with Gasteiger partial charge in [0.2, 0.25) is 0 Å². The van der Waals surface area contributed by atoms with Gasteiger partial charge in [-0.15, -0.1) is 0 Å². The number of hydrogen-bond acceptors (Lipinski definition) is 3. The van der Waals surface area contributed by atoms with Gasteiger partial charge in [-0.05, 0) is 65.5 Å². The number of nitrogens with zero attached hydrogens (tertiary/aromatic N) is 1. The lowest BCUT2D eigenvalue weighted by Gasteiger charge is -2.28. The molecule has 0 aliphatic carbocycles. The monoisotopic (exact) mass is 319 g/mol. The normalized spacial score (nSPS) is 18.2. The van der Waals surface area contributed by atoms with Crippen molar-refractivity contribution in [1.82, 2.24) is 4.90 Å². The Morgan fingerprint density at radius 1 is 1.22 bits per heavy atom. The first-order chi connectivity index (χ1) is 10.7. The zero-order chi connectivity index (χ0) is 17.2. The molecular formula is C19H29NO3. The summed E-state index contributed by atoms with van der Waals surface area (Å²) in [5, 5.41) is 0. The molecule has 2 rings (SSSR count). The van der Waals surface area contributed by atoms with Crippen LogP contribution in [0, 0.1) is 20.8 Å². The minimum absolute atomic E-state index is 0.0879. The van der Waals surface area contributed by atoms with Crippen LogP contribution in [0.4, 0.5) is 4.79 Å². The van der Waals surface area contributed by atoms with Gasteiger partial charge in [0.1, 0.15) is 18.0 Å². The van der Waals surface area contributed by atoms with Gasteiger partial charge in [0.15, 0.2) is 0 Å². The smallest absolute Gasteiger partial charge is 0.410 e. The molecule has 1 fully saturated rings. The third-order valence-electron chi connectivity index (χ3n) is 4.03. The number of carbonyl (C=O) groups is 1. The predicted octanol–water partition coefficient (Wildman–Crippen LogP) is 4.39. The van der Waals surface area contributed by atoms with E-state index in [0.29, 0.717) is 6.61 Å². The van der Waals surface area contributed by atoms with Crippen molar-refractivity contribution in [2.75, 3.05) is 13.2 Å². The van der Waals surface area contributed by atoms with Crippen LogP contribution in [0.3, 0.4) is 0 Å². The maximum absolute atomic E-state index is 12.3. The average molecular weight is 319 g/mol. The molecule has 23 heavy (non-hydrogen) atoms. The van der Waals surface area contributed by atoms with Gasteiger partial charge in [-0.1, -0.05) is 17.7 Å². The van der Waals surface area contributed by atoms with Crippen molar-refractivity contribution < 1.29 is 14.3 Å². The molecule has 4 heteroatoms. The van der Waals surface area contributed by atoms with Gasteiger partial charge >= 0.3 is 6.09 Å². The number of aryl methyl sites for hydroxylation is 3. The Hall–Kier alpha value is -1.71. The molecule has 4 nitrogen and oxygen atoms in total. The molecule has 1 aromatic rings. The molecule has 0 radical (unpaired) electrons. The topological polar surface area (TPSA) is 38.8 Å². The second-order valence-corrected chi connectivity index (χ2v) is 7.51. The predicted molar refractivity (Wildman–Crippen MR) is 92.1 cm³/mol. The van der Waals surface area contributed by atoms with E-state index in [1.807, 2.05) is 25.7 Å². The maximum Gasteiger partial charge on any atom is 0.410 e. The molecule has 1 amide bonds. The van der Waals surface area contributed by atoms with Crippen LogP contribution >= 0.6 is 0 Å². The molecule has 0 bridgehead atoms. The van der Waals surface area contributed by atoms with Crippen molar-refractivity contribution in [3.8, 4) is 5.75 Å². The van der Waals surface area contributed by atoms with E-state index >= 15 is 0 Å². The fraction of sp³-hybridized carbons (Fsp3) is 0.632. The number of ether oxygens (including phenoxy) is 2. The van der Waals surface area contributed by atoms with E-state index in [2.05, 4.69) is 32.9 Å². The number of rotatable bonds is 3. The van der Waals surface area contributed by atoms with Crippen molar-refractivity contribution >= 4 is 6.09 Å². The largest absolute Gasteiger partial charge is 0.491 e. The summed E-state index contributed by atoms with van der Waals surface area (Å²) in [6, 6.07) is 4.34. The summed E-state index contributed by atoms with van der Waals surface area (Å²) in [7, 11) is 0. The lowest BCUT2D eigenvalue weighted by atomic mass is 10.1. The lowest BCUT2D eigenvalue weighted by molar-refractivity contribution is 0.0187. The molecule has 0 saturated carbocycles. The van der Waals surface area contributed by atoms with Crippen LogP contribution in [0.2, 0.25) is 0 Å².